The van der Waals surface area contributed by atoms with E-state index in [1.165, 1.54) is 45.4 Å². The van der Waals surface area contributed by atoms with Gasteiger partial charge in [-0.15, -0.1) is 5.53 Å². The minimum Gasteiger partial charge on any atom is -0.493 e. The Morgan fingerprint density at radius 1 is 0.703 bits per heavy atom. The number of ether oxygens (including phenoxy) is 5. The van der Waals surface area contributed by atoms with Gasteiger partial charge in [-0.3, -0.25) is 43.4 Å². The topological polar surface area (TPSA) is 332 Å². The summed E-state index contributed by atoms with van der Waals surface area (Å²) < 4.78 is 69.6. The van der Waals surface area contributed by atoms with Crippen molar-refractivity contribution in [3.63, 3.8) is 0 Å². The van der Waals surface area contributed by atoms with E-state index >= 15 is 0 Å². The summed E-state index contributed by atoms with van der Waals surface area (Å²) >= 11 is 0. The van der Waals surface area contributed by atoms with Crippen molar-refractivity contribution in [1.82, 2.24) is 47.0 Å². The summed E-state index contributed by atoms with van der Waals surface area (Å²) in [4.78, 5) is 129. The number of aliphatic hydroxyl groups excluding tert-OH is 1. The van der Waals surface area contributed by atoms with E-state index in [4.69, 9.17) is 23.7 Å². The number of para-hydroxylation sites is 1. The zero-order valence-corrected chi connectivity index (χ0v) is 62.3. The van der Waals surface area contributed by atoms with E-state index in [-0.39, 0.29) is 97.0 Å². The number of carbonyl (C=O) groups is 9. The van der Waals surface area contributed by atoms with Crippen molar-refractivity contribution in [3.05, 3.63) is 172 Å². The molecular weight excluding hydrogens is 1440 g/mol. The number of fused-ring (bicyclic) bond motifs is 8. The van der Waals surface area contributed by atoms with E-state index in [1.807, 2.05) is 53.5 Å². The molecule has 13 rings (SSSR count). The molecule has 6 aromatic carbocycles. The zero-order valence-electron chi connectivity index (χ0n) is 62.3. The van der Waals surface area contributed by atoms with Crippen molar-refractivity contribution in [2.75, 3.05) is 74.0 Å². The number of halogens is 3. The fourth-order valence-electron chi connectivity index (χ4n) is 14.7. The molecule has 0 aromatic heterocycles. The number of nitrogens with one attached hydrogen (secondary N) is 8. The highest BCUT2D eigenvalue weighted by Crippen LogP contribution is 2.57. The van der Waals surface area contributed by atoms with Crippen LogP contribution in [0.3, 0.4) is 0 Å². The lowest BCUT2D eigenvalue weighted by Crippen LogP contribution is -2.55. The summed E-state index contributed by atoms with van der Waals surface area (Å²) in [6, 6.07) is 29.5. The molecule has 2 fully saturated rings. The lowest BCUT2D eigenvalue weighted by Gasteiger charge is -2.31. The van der Waals surface area contributed by atoms with Crippen LogP contribution in [0.5, 0.6) is 23.0 Å². The predicted octanol–water partition coefficient (Wildman–Crippen LogP) is 8.42. The van der Waals surface area contributed by atoms with Crippen molar-refractivity contribution in [2.24, 2.45) is 11.3 Å². The first-order chi connectivity index (χ1) is 53.2. The zero-order chi connectivity index (χ0) is 78.7. The third kappa shape index (κ3) is 16.7. The van der Waals surface area contributed by atoms with Gasteiger partial charge in [0.15, 0.2) is 29.2 Å². The average molecular weight is 1530 g/mol. The third-order valence-electron chi connectivity index (χ3n) is 20.9. The Balaban J connectivity index is 0.568. The molecule has 5 atom stereocenters. The summed E-state index contributed by atoms with van der Waals surface area (Å²) in [5.74, 6) is -3.82. The van der Waals surface area contributed by atoms with Crippen molar-refractivity contribution >= 4 is 93.1 Å². The van der Waals surface area contributed by atoms with Gasteiger partial charge in [-0.2, -0.15) is 13.2 Å². The highest BCUT2D eigenvalue weighted by atomic mass is 19.4. The Morgan fingerprint density at radius 2 is 1.37 bits per heavy atom. The molecule has 1 saturated heterocycles. The summed E-state index contributed by atoms with van der Waals surface area (Å²) in [7, 11) is 2.85. The average Bonchev–Trinajstić information content (AvgIpc) is 1.58. The number of nitrogens with zero attached hydrogens (tertiary/aromatic N) is 5. The van der Waals surface area contributed by atoms with E-state index in [9.17, 15) is 61.4 Å². The quantitative estimate of drug-likeness (QED) is 0.0243. The molecular formula is C80H88F3N13O15. The molecule has 28 nitrogen and oxygen atoms in total. The van der Waals surface area contributed by atoms with Gasteiger partial charge in [-0.1, -0.05) is 80.6 Å². The first-order valence-corrected chi connectivity index (χ1v) is 36.9. The van der Waals surface area contributed by atoms with Crippen molar-refractivity contribution in [2.45, 2.75) is 135 Å². The second-order valence-electron chi connectivity index (χ2n) is 29.2. The van der Waals surface area contributed by atoms with Crippen LogP contribution in [0.4, 0.5) is 40.7 Å². The molecule has 6 aromatic rings. The Morgan fingerprint density at radius 3 is 2.05 bits per heavy atom. The van der Waals surface area contributed by atoms with Crippen molar-refractivity contribution in [3.8, 4) is 23.0 Å². The number of methoxy groups -OCH3 is 2. The fraction of sp³-hybridized carbons (Fsp3) is 0.388. The maximum absolute atomic E-state index is 14.5. The van der Waals surface area contributed by atoms with Crippen LogP contribution in [-0.2, 0) is 52.8 Å². The fourth-order valence-corrected chi connectivity index (χ4v) is 14.7. The Kier molecular flexibility index (Phi) is 22.5. The molecule has 6 aliphatic heterocycles. The van der Waals surface area contributed by atoms with Crippen LogP contribution in [0.25, 0.3) is 17.0 Å². The van der Waals surface area contributed by atoms with Gasteiger partial charge in [0.05, 0.1) is 104 Å². The van der Waals surface area contributed by atoms with E-state index < -0.39 is 96.6 Å². The van der Waals surface area contributed by atoms with Gasteiger partial charge < -0.3 is 80.8 Å². The largest absolute Gasteiger partial charge is 0.493 e. The monoisotopic (exact) mass is 1530 g/mol. The van der Waals surface area contributed by atoms with Crippen LogP contribution in [0.15, 0.2) is 128 Å². The summed E-state index contributed by atoms with van der Waals surface area (Å²) in [5.41, 5.74) is 13.7. The number of amides is 9. The van der Waals surface area contributed by atoms with Crippen LogP contribution >= 0.6 is 0 Å². The molecule has 6 heterocycles. The van der Waals surface area contributed by atoms with E-state index in [0.717, 1.165) is 63.5 Å². The molecule has 111 heavy (non-hydrogen) atoms. The molecule has 1 saturated carbocycles. The molecule has 1 unspecified atom stereocenters. The highest BCUT2D eigenvalue weighted by Gasteiger charge is 2.58. The standard InChI is InChI=1S/C80H88F3N13O15/c1-44(2)70(89-68(99)39-86-67(98)38-85-66(97)25-26-69(100)93-40-49-13-8-9-14-54(49)72-71(90-91-96(72)45(3)4)55-15-10-11-16-59(55)93)74(102)87-46(5)73(101)88-52-23-17-47(18-24-52)42-111-78(106)95-60-35-65(63(108-7)33-57(60)76(104)94-43-79(27-28-79)36-61(94)77(95)105)110-30-12-29-109-64-34-58-56(32-62(64)107-6)75(103)92-41-50(31-53(92)37-84-58)48-19-21-51(22-20-48)80(81,82)83/h8-11,13-24,32-35,41,44-46,53,61,70,77,84,90-91,105H,12,25-31,36-40,42-43H2,1-7H3,(H,85,97)(H,86,98)(H,87,102)(H,88,101)(H,89,99)/t46-,53-,61-,70-,77?/m0/s1. The number of aliphatic hydroxyl groups is 1. The number of hydrazine groups is 2. The molecule has 1 aliphatic carbocycles. The molecule has 7 aliphatic rings. The molecule has 9 N–H and O–H groups in total. The maximum atomic E-state index is 14.5. The number of alkyl halides is 3. The lowest BCUT2D eigenvalue weighted by atomic mass is 9.95. The minimum absolute atomic E-state index is 0.0231. The molecule has 0 bridgehead atoms. The van der Waals surface area contributed by atoms with Crippen LogP contribution in [0.1, 0.15) is 134 Å². The number of hydrogen-bond donors (Lipinski definition) is 9. The number of carbonyl (C=O) groups excluding carboxylic acids is 9. The van der Waals surface area contributed by atoms with E-state index in [2.05, 4.69) is 56.7 Å². The second kappa shape index (κ2) is 32.4. The highest BCUT2D eigenvalue weighted by molar-refractivity contribution is 6.07. The van der Waals surface area contributed by atoms with Crippen LogP contribution in [0.2, 0.25) is 0 Å². The number of anilines is 4. The second-order valence-corrected chi connectivity index (χ2v) is 29.2. The van der Waals surface area contributed by atoms with Crippen LogP contribution in [-0.4, -0.2) is 163 Å². The first-order valence-electron chi connectivity index (χ1n) is 36.9. The number of hydrogen-bond acceptors (Lipinski definition) is 19. The Labute approximate surface area is 638 Å². The summed E-state index contributed by atoms with van der Waals surface area (Å²) in [6.45, 7) is 8.76. The van der Waals surface area contributed by atoms with E-state index in [1.54, 1.807) is 71.1 Å². The number of benzene rings is 6. The van der Waals surface area contributed by atoms with Gasteiger partial charge in [0.2, 0.25) is 35.4 Å². The van der Waals surface area contributed by atoms with Crippen LogP contribution in [0, 0.1) is 11.3 Å². The Bertz CT molecular complexity index is 4700. The van der Waals surface area contributed by atoms with Gasteiger partial charge in [0, 0.05) is 73.5 Å². The van der Waals surface area contributed by atoms with Crippen molar-refractivity contribution < 1.29 is 85.1 Å². The van der Waals surface area contributed by atoms with Gasteiger partial charge in [0.25, 0.3) is 11.8 Å². The van der Waals surface area contributed by atoms with Crippen molar-refractivity contribution in [1.29, 1.82) is 0 Å². The minimum atomic E-state index is -4.48. The van der Waals surface area contributed by atoms with E-state index in [0.29, 0.717) is 71.9 Å². The summed E-state index contributed by atoms with van der Waals surface area (Å²) in [6.07, 6.45) is -2.79. The van der Waals surface area contributed by atoms with Gasteiger partial charge >= 0.3 is 12.3 Å². The molecule has 1 spiro atoms. The number of rotatable bonds is 25. The van der Waals surface area contributed by atoms with Gasteiger partial charge in [-0.05, 0) is 123 Å². The molecule has 0 radical (unpaired) electrons. The van der Waals surface area contributed by atoms with Gasteiger partial charge in [-0.25, -0.2) is 9.69 Å². The molecule has 584 valence electrons. The third-order valence-corrected chi connectivity index (χ3v) is 20.9. The van der Waals surface area contributed by atoms with Crippen LogP contribution < -0.4 is 71.6 Å². The maximum Gasteiger partial charge on any atom is 0.416 e. The molecule has 9 amide bonds. The predicted molar refractivity (Wildman–Crippen MR) is 403 cm³/mol. The Hall–Kier alpha value is -11.9. The smallest absolute Gasteiger partial charge is 0.416 e. The first kappa shape index (κ1) is 77.3. The summed E-state index contributed by atoms with van der Waals surface area (Å²) in [5, 5.41) is 30.5. The van der Waals surface area contributed by atoms with Gasteiger partial charge in [0.1, 0.15) is 18.7 Å². The lowest BCUT2D eigenvalue weighted by molar-refractivity contribution is -0.137. The SMILES string of the molecule is COc1cc2c(cc1OCCCOc1cc3c(cc1OC)C(=O)N1CC4(CC4)C[C@H]1C(O)N3C(=O)OCc1ccc(NC(=O)[C@H](C)NC(=O)[C@@H](NC(=O)CNC(=O)CNC(=O)CCC(=O)N3Cc4ccccc4C4=C(NNN4C(C)C)c4ccccc43)C(C)C)cc1)NC[C@@H]1CC(c3ccc(C(F)(F)F)cc3)=CN1C2=O. The molecule has 31 heteroatoms. The normalized spacial score (nSPS) is 18.3.